The molecule has 1 aliphatic rings. The summed E-state index contributed by atoms with van der Waals surface area (Å²) in [6, 6.07) is 10.7. The largest absolute Gasteiger partial charge is 0.409 e. The normalized spacial score (nSPS) is 18.5. The van der Waals surface area contributed by atoms with Gasteiger partial charge >= 0.3 is 6.18 Å². The number of alkyl halides is 3. The van der Waals surface area contributed by atoms with Gasteiger partial charge in [-0.3, -0.25) is 9.36 Å². The molecule has 0 bridgehead atoms. The van der Waals surface area contributed by atoms with Gasteiger partial charge in [-0.05, 0) is 23.4 Å². The zero-order chi connectivity index (χ0) is 21.3. The van der Waals surface area contributed by atoms with Crippen molar-refractivity contribution in [1.82, 2.24) is 14.9 Å². The van der Waals surface area contributed by atoms with E-state index < -0.39 is 24.2 Å². The molecule has 1 amide bonds. The molecule has 3 aromatic rings. The molecule has 0 saturated heterocycles. The highest BCUT2D eigenvalue weighted by atomic mass is 35.5. The van der Waals surface area contributed by atoms with Crippen LogP contribution in [0.3, 0.4) is 0 Å². The van der Waals surface area contributed by atoms with Crippen LogP contribution in [0, 0.1) is 0 Å². The van der Waals surface area contributed by atoms with Gasteiger partial charge in [0, 0.05) is 17.8 Å². The van der Waals surface area contributed by atoms with Crippen molar-refractivity contribution in [3.05, 3.63) is 69.1 Å². The van der Waals surface area contributed by atoms with Gasteiger partial charge in [0.1, 0.15) is 11.2 Å². The predicted octanol–water partition coefficient (Wildman–Crippen LogP) is 5.23. The number of hydrogen-bond acceptors (Lipinski definition) is 4. The molecular weight excluding hydrogens is 437 g/mol. The quantitative estimate of drug-likeness (QED) is 0.555. The molecule has 30 heavy (non-hydrogen) atoms. The molecule has 0 spiro atoms. The van der Waals surface area contributed by atoms with Crippen LogP contribution in [0.4, 0.5) is 19.1 Å². The molecule has 5 nitrogen and oxygen atoms in total. The lowest BCUT2D eigenvalue weighted by molar-refractivity contribution is -0.171. The highest BCUT2D eigenvalue weighted by molar-refractivity contribution is 7.10. The van der Waals surface area contributed by atoms with Crippen molar-refractivity contribution in [3.8, 4) is 0 Å². The van der Waals surface area contributed by atoms with Crippen LogP contribution in [-0.2, 0) is 6.42 Å². The SMILES string of the molecule is O=C(NCCc1ccccc1)c1nc2n(c1Cl)C(C(F)(F)F)CC(c1cccs1)N2. The third-order valence-corrected chi connectivity index (χ3v) is 6.30. The first-order valence-electron chi connectivity index (χ1n) is 9.31. The number of carbonyl (C=O) groups excluding carboxylic acids is 1. The Kier molecular flexibility index (Phi) is 5.75. The van der Waals surface area contributed by atoms with Crippen LogP contribution in [0.1, 0.15) is 39.4 Å². The maximum absolute atomic E-state index is 13.8. The van der Waals surface area contributed by atoms with E-state index in [-0.39, 0.29) is 23.2 Å². The van der Waals surface area contributed by atoms with Crippen LogP contribution in [0.5, 0.6) is 0 Å². The van der Waals surface area contributed by atoms with Gasteiger partial charge in [0.05, 0.1) is 6.04 Å². The third-order valence-electron chi connectivity index (χ3n) is 4.95. The predicted molar refractivity (Wildman–Crippen MR) is 110 cm³/mol. The third kappa shape index (κ3) is 4.17. The Morgan fingerprint density at radius 3 is 2.70 bits per heavy atom. The van der Waals surface area contributed by atoms with Gasteiger partial charge < -0.3 is 10.6 Å². The Bertz CT molecular complexity index is 1020. The Morgan fingerprint density at radius 2 is 2.03 bits per heavy atom. The number of nitrogens with zero attached hydrogens (tertiary/aromatic N) is 2. The topological polar surface area (TPSA) is 59.0 Å². The summed E-state index contributed by atoms with van der Waals surface area (Å²) in [5.41, 5.74) is 0.818. The number of amides is 1. The number of aromatic nitrogens is 2. The van der Waals surface area contributed by atoms with Gasteiger partial charge in [-0.2, -0.15) is 13.2 Å². The Balaban J connectivity index is 1.56. The number of nitrogens with one attached hydrogen (secondary N) is 2. The van der Waals surface area contributed by atoms with Gasteiger partial charge in [0.15, 0.2) is 5.69 Å². The average Bonchev–Trinajstić information content (AvgIpc) is 3.36. The number of rotatable bonds is 5. The lowest BCUT2D eigenvalue weighted by atomic mass is 10.0. The summed E-state index contributed by atoms with van der Waals surface area (Å²) < 4.78 is 42.2. The summed E-state index contributed by atoms with van der Waals surface area (Å²) >= 11 is 7.57. The minimum Gasteiger partial charge on any atom is -0.350 e. The van der Waals surface area contributed by atoms with E-state index in [2.05, 4.69) is 15.6 Å². The van der Waals surface area contributed by atoms with Crippen LogP contribution in [0.15, 0.2) is 47.8 Å². The zero-order valence-corrected chi connectivity index (χ0v) is 17.2. The van der Waals surface area contributed by atoms with Crippen LogP contribution in [0.2, 0.25) is 5.15 Å². The number of thiophene rings is 1. The first kappa shape index (κ1) is 20.7. The monoisotopic (exact) mass is 454 g/mol. The molecule has 0 fully saturated rings. The number of benzene rings is 1. The van der Waals surface area contributed by atoms with Crippen LogP contribution >= 0.6 is 22.9 Å². The van der Waals surface area contributed by atoms with Gasteiger partial charge in [-0.1, -0.05) is 48.0 Å². The molecule has 1 aromatic carbocycles. The number of carbonyl (C=O) groups is 1. The fourth-order valence-electron chi connectivity index (χ4n) is 3.49. The van der Waals surface area contributed by atoms with Crippen LogP contribution in [0.25, 0.3) is 0 Å². The molecule has 0 saturated carbocycles. The van der Waals surface area contributed by atoms with E-state index in [9.17, 15) is 18.0 Å². The van der Waals surface area contributed by atoms with Crippen molar-refractivity contribution in [1.29, 1.82) is 0 Å². The van der Waals surface area contributed by atoms with Crippen LogP contribution in [-0.4, -0.2) is 28.2 Å². The molecule has 2 N–H and O–H groups in total. The summed E-state index contributed by atoms with van der Waals surface area (Å²) in [6.45, 7) is 0.315. The van der Waals surface area contributed by atoms with Crippen molar-refractivity contribution in [2.24, 2.45) is 0 Å². The summed E-state index contributed by atoms with van der Waals surface area (Å²) in [4.78, 5) is 17.4. The summed E-state index contributed by atoms with van der Waals surface area (Å²) in [6.07, 6.45) is -4.18. The van der Waals surface area contributed by atoms with E-state index in [1.54, 1.807) is 17.5 Å². The maximum atomic E-state index is 13.8. The average molecular weight is 455 g/mol. The number of hydrogen-bond donors (Lipinski definition) is 2. The fourth-order valence-corrected chi connectivity index (χ4v) is 4.61. The van der Waals surface area contributed by atoms with Gasteiger partial charge in [-0.15, -0.1) is 11.3 Å². The van der Waals surface area contributed by atoms with Crippen molar-refractivity contribution in [2.45, 2.75) is 31.1 Å². The molecule has 4 rings (SSSR count). The highest BCUT2D eigenvalue weighted by Crippen LogP contribution is 2.46. The molecule has 2 aromatic heterocycles. The summed E-state index contributed by atoms with van der Waals surface area (Å²) in [5, 5.41) is 7.17. The molecule has 0 radical (unpaired) electrons. The molecule has 0 aliphatic carbocycles. The second kappa shape index (κ2) is 8.31. The minimum atomic E-state index is -4.53. The smallest absolute Gasteiger partial charge is 0.350 e. The Hall–Kier alpha value is -2.52. The number of anilines is 1. The maximum Gasteiger partial charge on any atom is 0.409 e. The second-order valence-electron chi connectivity index (χ2n) is 6.94. The fraction of sp³-hybridized carbons (Fsp3) is 0.300. The minimum absolute atomic E-state index is 0.0554. The number of imidazole rings is 1. The Labute approximate surface area is 179 Å². The van der Waals surface area contributed by atoms with E-state index >= 15 is 0 Å². The van der Waals surface area contributed by atoms with E-state index in [0.29, 0.717) is 13.0 Å². The number of halogens is 4. The van der Waals surface area contributed by atoms with Gasteiger partial charge in [-0.25, -0.2) is 4.98 Å². The van der Waals surface area contributed by atoms with Gasteiger partial charge in [0.2, 0.25) is 5.95 Å². The first-order chi connectivity index (χ1) is 14.3. The standard InChI is InChI=1S/C20H18ClF3N4OS/c21-17-16(18(29)25-9-8-12-5-2-1-3-6-12)27-19-26-13(14-7-4-10-30-14)11-15(28(17)19)20(22,23)24/h1-7,10,13,15H,8-9,11H2,(H,25,29)(H,26,27). The van der Waals surface area contributed by atoms with Crippen molar-refractivity contribution < 1.29 is 18.0 Å². The molecular formula is C20H18ClF3N4OS. The summed E-state index contributed by atoms with van der Waals surface area (Å²) in [7, 11) is 0. The Morgan fingerprint density at radius 1 is 1.27 bits per heavy atom. The number of fused-ring (bicyclic) bond motifs is 1. The van der Waals surface area contributed by atoms with Crippen molar-refractivity contribution in [3.63, 3.8) is 0 Å². The molecule has 2 unspecified atom stereocenters. The molecule has 10 heteroatoms. The molecule has 1 aliphatic heterocycles. The lowest BCUT2D eigenvalue weighted by Gasteiger charge is -2.33. The van der Waals surface area contributed by atoms with E-state index in [1.807, 2.05) is 30.3 Å². The first-order valence-corrected chi connectivity index (χ1v) is 10.6. The van der Waals surface area contributed by atoms with E-state index in [4.69, 9.17) is 11.6 Å². The molecule has 3 heterocycles. The zero-order valence-electron chi connectivity index (χ0n) is 15.6. The van der Waals surface area contributed by atoms with Gasteiger partial charge in [0.25, 0.3) is 5.91 Å². The molecule has 158 valence electrons. The molecule has 2 atom stereocenters. The van der Waals surface area contributed by atoms with Crippen molar-refractivity contribution in [2.75, 3.05) is 11.9 Å². The second-order valence-corrected chi connectivity index (χ2v) is 8.28. The van der Waals surface area contributed by atoms with E-state index in [1.165, 1.54) is 11.3 Å². The highest BCUT2D eigenvalue weighted by Gasteiger charge is 2.48. The lowest BCUT2D eigenvalue weighted by Crippen LogP contribution is -2.35. The summed E-state index contributed by atoms with van der Waals surface area (Å²) in [5.74, 6) is -0.659. The van der Waals surface area contributed by atoms with Crippen molar-refractivity contribution >= 4 is 34.8 Å². The van der Waals surface area contributed by atoms with E-state index in [0.717, 1.165) is 15.0 Å². The van der Waals surface area contributed by atoms with Crippen LogP contribution < -0.4 is 10.6 Å².